The Bertz CT molecular complexity index is 1120. The molecule has 0 spiro atoms. The molecular formula is C22H22N2O3S2. The number of nitrogens with zero attached hydrogens (tertiary/aromatic N) is 2. The van der Waals surface area contributed by atoms with Gasteiger partial charge in [-0.25, -0.2) is 8.42 Å². The van der Waals surface area contributed by atoms with Crippen molar-refractivity contribution in [3.05, 3.63) is 82.0 Å². The van der Waals surface area contributed by atoms with Crippen LogP contribution in [0, 0.1) is 6.92 Å². The molecule has 150 valence electrons. The lowest BCUT2D eigenvalue weighted by Crippen LogP contribution is -2.44. The number of carbonyl (C=O) groups excluding carboxylic acids is 1. The van der Waals surface area contributed by atoms with Gasteiger partial charge >= 0.3 is 0 Å². The van der Waals surface area contributed by atoms with Gasteiger partial charge in [-0.05, 0) is 54.1 Å². The second kappa shape index (κ2) is 8.00. The maximum atomic E-state index is 13.4. The summed E-state index contributed by atoms with van der Waals surface area (Å²) in [5.74, 6) is -0.190. The van der Waals surface area contributed by atoms with Gasteiger partial charge in [0, 0.05) is 18.0 Å². The van der Waals surface area contributed by atoms with E-state index in [0.29, 0.717) is 18.8 Å². The Labute approximate surface area is 175 Å². The molecule has 5 nitrogen and oxygen atoms in total. The number of rotatable bonds is 5. The molecule has 1 aliphatic heterocycles. The van der Waals surface area contributed by atoms with Crippen molar-refractivity contribution >= 4 is 33.0 Å². The molecule has 0 saturated carbocycles. The van der Waals surface area contributed by atoms with Crippen molar-refractivity contribution in [2.24, 2.45) is 0 Å². The number of sulfonamides is 1. The predicted molar refractivity (Wildman–Crippen MR) is 116 cm³/mol. The number of hydrogen-bond donors (Lipinski definition) is 0. The van der Waals surface area contributed by atoms with Gasteiger partial charge in [-0.1, -0.05) is 36.4 Å². The van der Waals surface area contributed by atoms with E-state index in [-0.39, 0.29) is 17.3 Å². The fraction of sp³-hybridized carbons (Fsp3) is 0.227. The van der Waals surface area contributed by atoms with E-state index >= 15 is 0 Å². The Kier molecular flexibility index (Phi) is 5.43. The molecule has 2 aromatic carbocycles. The van der Waals surface area contributed by atoms with Crippen LogP contribution < -0.4 is 4.31 Å². The molecule has 29 heavy (non-hydrogen) atoms. The first-order valence-electron chi connectivity index (χ1n) is 9.43. The van der Waals surface area contributed by atoms with E-state index in [1.54, 1.807) is 58.7 Å². The van der Waals surface area contributed by atoms with E-state index in [2.05, 4.69) is 0 Å². The summed E-state index contributed by atoms with van der Waals surface area (Å²) in [5, 5.41) is 2.04. The summed E-state index contributed by atoms with van der Waals surface area (Å²) >= 11 is 1.71. The minimum absolute atomic E-state index is 0.176. The molecule has 0 atom stereocenters. The Balaban J connectivity index is 1.66. The Morgan fingerprint density at radius 2 is 1.79 bits per heavy atom. The van der Waals surface area contributed by atoms with Crippen molar-refractivity contribution in [3.63, 3.8) is 0 Å². The fourth-order valence-corrected chi connectivity index (χ4v) is 5.94. The highest BCUT2D eigenvalue weighted by Crippen LogP contribution is 2.28. The molecule has 4 rings (SSSR count). The number of aryl methyl sites for hydroxylation is 1. The maximum Gasteiger partial charge on any atom is 0.264 e. The molecule has 7 heteroatoms. The average Bonchev–Trinajstić information content (AvgIpc) is 3.21. The van der Waals surface area contributed by atoms with Crippen LogP contribution in [-0.2, 0) is 27.8 Å². The summed E-state index contributed by atoms with van der Waals surface area (Å²) in [6.45, 7) is 2.78. The van der Waals surface area contributed by atoms with Gasteiger partial charge in [0.25, 0.3) is 10.0 Å². The summed E-state index contributed by atoms with van der Waals surface area (Å²) < 4.78 is 28.1. The highest BCUT2D eigenvalue weighted by molar-refractivity contribution is 7.92. The third-order valence-corrected chi connectivity index (χ3v) is 7.95. The molecular weight excluding hydrogens is 404 g/mol. The number of fused-ring (bicyclic) bond motifs is 1. The maximum absolute atomic E-state index is 13.4. The molecule has 1 aliphatic rings. The topological polar surface area (TPSA) is 57.7 Å². The molecule has 0 aliphatic carbocycles. The molecule has 0 unspecified atom stereocenters. The van der Waals surface area contributed by atoms with Crippen LogP contribution >= 0.6 is 11.3 Å². The van der Waals surface area contributed by atoms with E-state index in [4.69, 9.17) is 0 Å². The van der Waals surface area contributed by atoms with Crippen LogP contribution in [0.3, 0.4) is 0 Å². The van der Waals surface area contributed by atoms with Crippen LogP contribution in [0.25, 0.3) is 0 Å². The zero-order valence-corrected chi connectivity index (χ0v) is 17.7. The number of para-hydroxylation sites is 1. The van der Waals surface area contributed by atoms with Gasteiger partial charge in [-0.3, -0.25) is 9.10 Å². The van der Waals surface area contributed by atoms with Crippen molar-refractivity contribution in [1.82, 2.24) is 4.90 Å². The molecule has 0 bridgehead atoms. The van der Waals surface area contributed by atoms with Crippen LogP contribution in [0.15, 0.2) is 70.9 Å². The predicted octanol–water partition coefficient (Wildman–Crippen LogP) is 3.84. The van der Waals surface area contributed by atoms with Crippen molar-refractivity contribution in [1.29, 1.82) is 0 Å². The molecule has 0 radical (unpaired) electrons. The largest absolute Gasteiger partial charge is 0.336 e. The van der Waals surface area contributed by atoms with Crippen molar-refractivity contribution in [3.8, 4) is 0 Å². The molecule has 3 aromatic rings. The Hall–Kier alpha value is -2.64. The van der Waals surface area contributed by atoms with Crippen LogP contribution in [0.1, 0.15) is 16.0 Å². The zero-order valence-electron chi connectivity index (χ0n) is 16.1. The second-order valence-corrected chi connectivity index (χ2v) is 9.91. The van der Waals surface area contributed by atoms with Crippen LogP contribution in [-0.4, -0.2) is 32.3 Å². The molecule has 0 saturated heterocycles. The Morgan fingerprint density at radius 3 is 2.55 bits per heavy atom. The lowest BCUT2D eigenvalue weighted by atomic mass is 10.1. The summed E-state index contributed by atoms with van der Waals surface area (Å²) in [6, 6.07) is 17.6. The minimum Gasteiger partial charge on any atom is -0.336 e. The number of amides is 1. The molecule has 1 aromatic heterocycles. The van der Waals surface area contributed by atoms with Crippen molar-refractivity contribution in [2.45, 2.75) is 24.8 Å². The highest BCUT2D eigenvalue weighted by atomic mass is 32.2. The lowest BCUT2D eigenvalue weighted by molar-refractivity contribution is -0.130. The van der Waals surface area contributed by atoms with Crippen LogP contribution in [0.5, 0.6) is 0 Å². The number of benzene rings is 2. The second-order valence-electron chi connectivity index (χ2n) is 7.05. The molecule has 1 amide bonds. The summed E-state index contributed by atoms with van der Waals surface area (Å²) in [4.78, 5) is 16.4. The fourth-order valence-electron chi connectivity index (χ4n) is 3.55. The van der Waals surface area contributed by atoms with Crippen molar-refractivity contribution in [2.75, 3.05) is 17.4 Å². The molecule has 0 N–H and O–H groups in total. The van der Waals surface area contributed by atoms with Gasteiger partial charge in [0.1, 0.15) is 6.54 Å². The van der Waals surface area contributed by atoms with E-state index in [1.165, 1.54) is 9.18 Å². The molecule has 2 heterocycles. The minimum atomic E-state index is -3.87. The Morgan fingerprint density at radius 1 is 1.07 bits per heavy atom. The number of thiophene rings is 1. The third-order valence-electron chi connectivity index (χ3n) is 5.15. The summed E-state index contributed by atoms with van der Waals surface area (Å²) in [5.41, 5.74) is 2.49. The lowest BCUT2D eigenvalue weighted by Gasteiger charge is -2.31. The van der Waals surface area contributed by atoms with E-state index < -0.39 is 10.0 Å². The quantitative estimate of drug-likeness (QED) is 0.623. The monoisotopic (exact) mass is 426 g/mol. The smallest absolute Gasteiger partial charge is 0.264 e. The molecule has 0 fully saturated rings. The van der Waals surface area contributed by atoms with E-state index in [1.807, 2.05) is 30.5 Å². The van der Waals surface area contributed by atoms with E-state index in [9.17, 15) is 13.2 Å². The average molecular weight is 427 g/mol. The van der Waals surface area contributed by atoms with Gasteiger partial charge < -0.3 is 4.90 Å². The zero-order chi connectivity index (χ0) is 20.4. The number of carbonyl (C=O) groups is 1. The third kappa shape index (κ3) is 3.93. The first-order chi connectivity index (χ1) is 14.0. The van der Waals surface area contributed by atoms with Gasteiger partial charge in [0.05, 0.1) is 10.6 Å². The number of hydrogen-bond acceptors (Lipinski definition) is 4. The van der Waals surface area contributed by atoms with Crippen LogP contribution in [0.2, 0.25) is 0 Å². The summed E-state index contributed by atoms with van der Waals surface area (Å²) in [7, 11) is -3.87. The van der Waals surface area contributed by atoms with Gasteiger partial charge in [-0.2, -0.15) is 0 Å². The standard InChI is InChI=1S/C22H22N2O3S2/c1-17-7-5-6-10-20(17)24(29(26,27)19-8-3-2-4-9-19)16-22(25)23-13-11-21-18(15-23)12-14-28-21/h2-10,12,14H,11,13,15-16H2,1H3. The highest BCUT2D eigenvalue weighted by Gasteiger charge is 2.30. The van der Waals surface area contributed by atoms with Crippen molar-refractivity contribution < 1.29 is 13.2 Å². The first kappa shape index (κ1) is 19.7. The first-order valence-corrected chi connectivity index (χ1v) is 11.8. The van der Waals surface area contributed by atoms with Gasteiger partial charge in [-0.15, -0.1) is 11.3 Å². The van der Waals surface area contributed by atoms with E-state index in [0.717, 1.165) is 17.5 Å². The van der Waals surface area contributed by atoms with Crippen LogP contribution in [0.4, 0.5) is 5.69 Å². The normalized spacial score (nSPS) is 13.8. The number of anilines is 1. The SMILES string of the molecule is Cc1ccccc1N(CC(=O)N1CCc2sccc2C1)S(=O)(=O)c1ccccc1. The van der Waals surface area contributed by atoms with Gasteiger partial charge in [0.2, 0.25) is 5.91 Å². The summed E-state index contributed by atoms with van der Waals surface area (Å²) in [6.07, 6.45) is 0.814. The van der Waals surface area contributed by atoms with Gasteiger partial charge in [0.15, 0.2) is 0 Å².